The van der Waals surface area contributed by atoms with Crippen molar-refractivity contribution in [3.8, 4) is 5.75 Å². The van der Waals surface area contributed by atoms with Gasteiger partial charge in [-0.3, -0.25) is 9.59 Å². The van der Waals surface area contributed by atoms with E-state index in [-0.39, 0.29) is 11.6 Å². The topological polar surface area (TPSA) is 43.4 Å². The first-order valence-corrected chi connectivity index (χ1v) is 9.41. The third-order valence-corrected chi connectivity index (χ3v) is 5.16. The minimum atomic E-state index is -0.187. The van der Waals surface area contributed by atoms with Crippen LogP contribution in [0.25, 0.3) is 10.8 Å². The highest BCUT2D eigenvalue weighted by Gasteiger charge is 2.21. The van der Waals surface area contributed by atoms with E-state index in [4.69, 9.17) is 4.74 Å². The van der Waals surface area contributed by atoms with Gasteiger partial charge in [0.05, 0.1) is 7.11 Å². The zero-order valence-corrected chi connectivity index (χ0v) is 16.3. The predicted molar refractivity (Wildman–Crippen MR) is 115 cm³/mol. The fraction of sp³-hybridized carbons (Fsp3) is 0.0769. The minimum absolute atomic E-state index is 0.154. The number of ketones is 2. The van der Waals surface area contributed by atoms with Crippen LogP contribution in [0, 0.1) is 6.92 Å². The summed E-state index contributed by atoms with van der Waals surface area (Å²) in [7, 11) is 1.58. The summed E-state index contributed by atoms with van der Waals surface area (Å²) in [6.45, 7) is 2.03. The van der Waals surface area contributed by atoms with E-state index in [1.54, 1.807) is 55.6 Å². The maximum atomic E-state index is 13.5. The number of rotatable bonds is 5. The average molecular weight is 380 g/mol. The van der Waals surface area contributed by atoms with Gasteiger partial charge in [-0.1, -0.05) is 60.7 Å². The van der Waals surface area contributed by atoms with Gasteiger partial charge in [-0.2, -0.15) is 0 Å². The van der Waals surface area contributed by atoms with Gasteiger partial charge in [-0.15, -0.1) is 0 Å². The summed E-state index contributed by atoms with van der Waals surface area (Å²) in [5, 5.41) is 1.93. The van der Waals surface area contributed by atoms with E-state index in [0.29, 0.717) is 28.0 Å². The van der Waals surface area contributed by atoms with E-state index in [1.807, 2.05) is 43.3 Å². The molecule has 4 aromatic rings. The normalized spacial score (nSPS) is 10.7. The van der Waals surface area contributed by atoms with Crippen LogP contribution in [-0.2, 0) is 0 Å². The van der Waals surface area contributed by atoms with Crippen molar-refractivity contribution in [2.75, 3.05) is 7.11 Å². The Morgan fingerprint density at radius 1 is 0.621 bits per heavy atom. The highest BCUT2D eigenvalue weighted by Crippen LogP contribution is 2.26. The van der Waals surface area contributed by atoms with Gasteiger partial charge < -0.3 is 4.74 Å². The Morgan fingerprint density at radius 2 is 1.21 bits per heavy atom. The van der Waals surface area contributed by atoms with Crippen molar-refractivity contribution in [2.45, 2.75) is 6.92 Å². The molecule has 0 aromatic heterocycles. The van der Waals surface area contributed by atoms with Gasteiger partial charge in [-0.25, -0.2) is 0 Å². The number of methoxy groups -OCH3 is 1. The van der Waals surface area contributed by atoms with Crippen molar-refractivity contribution in [3.63, 3.8) is 0 Å². The molecule has 0 spiro atoms. The van der Waals surface area contributed by atoms with Crippen LogP contribution in [0.15, 0.2) is 84.9 Å². The van der Waals surface area contributed by atoms with Gasteiger partial charge in [0, 0.05) is 22.3 Å². The number of fused-ring (bicyclic) bond motifs is 1. The quantitative estimate of drug-likeness (QED) is 0.422. The third kappa shape index (κ3) is 3.43. The molecule has 0 aliphatic rings. The number of aryl methyl sites for hydroxylation is 1. The van der Waals surface area contributed by atoms with Crippen LogP contribution < -0.4 is 4.74 Å². The van der Waals surface area contributed by atoms with E-state index in [2.05, 4.69) is 0 Å². The van der Waals surface area contributed by atoms with E-state index < -0.39 is 0 Å². The minimum Gasteiger partial charge on any atom is -0.497 e. The first-order chi connectivity index (χ1) is 14.1. The summed E-state index contributed by atoms with van der Waals surface area (Å²) >= 11 is 0. The molecule has 3 heteroatoms. The van der Waals surface area contributed by atoms with Crippen molar-refractivity contribution < 1.29 is 14.3 Å². The molecule has 3 nitrogen and oxygen atoms in total. The molecule has 0 unspecified atom stereocenters. The average Bonchev–Trinajstić information content (AvgIpc) is 2.79. The van der Waals surface area contributed by atoms with E-state index >= 15 is 0 Å². The number of hydrogen-bond donors (Lipinski definition) is 0. The van der Waals surface area contributed by atoms with Crippen molar-refractivity contribution in [2.24, 2.45) is 0 Å². The van der Waals surface area contributed by atoms with Crippen LogP contribution in [0.2, 0.25) is 0 Å². The molecule has 0 aliphatic carbocycles. The lowest BCUT2D eigenvalue weighted by Crippen LogP contribution is -2.11. The summed E-state index contributed by atoms with van der Waals surface area (Å²) in [6.07, 6.45) is 0. The first-order valence-electron chi connectivity index (χ1n) is 9.41. The second kappa shape index (κ2) is 7.72. The molecule has 0 saturated carbocycles. The standard InChI is InChI=1S/C26H20O3/c1-17-11-16-24(21-8-4-3-7-20(17)21)26(28)23-10-6-5-9-22(23)25(27)18-12-14-19(29-2)15-13-18/h3-16H,1-2H3. The van der Waals surface area contributed by atoms with Crippen molar-refractivity contribution >= 4 is 22.3 Å². The second-order valence-corrected chi connectivity index (χ2v) is 6.91. The molecule has 4 aromatic carbocycles. The Balaban J connectivity index is 1.80. The molecule has 0 N–H and O–H groups in total. The molecule has 0 heterocycles. The molecule has 0 atom stereocenters. The van der Waals surface area contributed by atoms with Gasteiger partial charge in [0.2, 0.25) is 0 Å². The van der Waals surface area contributed by atoms with Crippen LogP contribution in [0.1, 0.15) is 37.4 Å². The highest BCUT2D eigenvalue weighted by molar-refractivity contribution is 6.23. The summed E-state index contributed by atoms with van der Waals surface area (Å²) in [5.74, 6) is 0.337. The Kier molecular flexibility index (Phi) is 4.96. The summed E-state index contributed by atoms with van der Waals surface area (Å²) in [5.41, 5.74) is 3.02. The molecule has 142 valence electrons. The third-order valence-electron chi connectivity index (χ3n) is 5.16. The monoisotopic (exact) mass is 380 g/mol. The summed E-state index contributed by atoms with van der Waals surface area (Å²) in [4.78, 5) is 26.6. The lowest BCUT2D eigenvalue weighted by atomic mass is 9.90. The fourth-order valence-electron chi connectivity index (χ4n) is 3.57. The van der Waals surface area contributed by atoms with Gasteiger partial charge >= 0.3 is 0 Å². The van der Waals surface area contributed by atoms with Gasteiger partial charge in [0.1, 0.15) is 5.75 Å². The van der Waals surface area contributed by atoms with Crippen LogP contribution >= 0.6 is 0 Å². The molecule has 0 fully saturated rings. The Bertz CT molecular complexity index is 1220. The van der Waals surface area contributed by atoms with Gasteiger partial charge in [-0.05, 0) is 47.5 Å². The zero-order chi connectivity index (χ0) is 20.4. The SMILES string of the molecule is COc1ccc(C(=O)c2ccccc2C(=O)c2ccc(C)c3ccccc23)cc1. The number of hydrogen-bond acceptors (Lipinski definition) is 3. The van der Waals surface area contributed by atoms with Gasteiger partial charge in [0.25, 0.3) is 0 Å². The number of carbonyl (C=O) groups is 2. The lowest BCUT2D eigenvalue weighted by molar-refractivity contribution is 0.100. The van der Waals surface area contributed by atoms with Crippen LogP contribution in [-0.4, -0.2) is 18.7 Å². The van der Waals surface area contributed by atoms with Crippen LogP contribution in [0.3, 0.4) is 0 Å². The fourth-order valence-corrected chi connectivity index (χ4v) is 3.57. The molecule has 0 amide bonds. The first kappa shape index (κ1) is 18.6. The number of carbonyl (C=O) groups excluding carboxylic acids is 2. The highest BCUT2D eigenvalue weighted by atomic mass is 16.5. The number of benzene rings is 4. The zero-order valence-electron chi connectivity index (χ0n) is 16.3. The molecule has 4 rings (SSSR count). The van der Waals surface area contributed by atoms with E-state index in [0.717, 1.165) is 16.3 Å². The lowest BCUT2D eigenvalue weighted by Gasteiger charge is -2.11. The number of ether oxygens (including phenoxy) is 1. The predicted octanol–water partition coefficient (Wildman–Crippen LogP) is 5.62. The van der Waals surface area contributed by atoms with E-state index in [9.17, 15) is 9.59 Å². The van der Waals surface area contributed by atoms with E-state index in [1.165, 1.54) is 0 Å². The van der Waals surface area contributed by atoms with Crippen LogP contribution in [0.5, 0.6) is 5.75 Å². The maximum absolute atomic E-state index is 13.5. The molecule has 29 heavy (non-hydrogen) atoms. The summed E-state index contributed by atoms with van der Waals surface area (Å²) in [6, 6.07) is 25.5. The van der Waals surface area contributed by atoms with Crippen molar-refractivity contribution in [3.05, 3.63) is 113 Å². The molecular weight excluding hydrogens is 360 g/mol. The second-order valence-electron chi connectivity index (χ2n) is 6.91. The molecule has 0 bridgehead atoms. The smallest absolute Gasteiger partial charge is 0.194 e. The molecule has 0 saturated heterocycles. The Morgan fingerprint density at radius 3 is 1.86 bits per heavy atom. The van der Waals surface area contributed by atoms with Crippen molar-refractivity contribution in [1.29, 1.82) is 0 Å². The van der Waals surface area contributed by atoms with Crippen molar-refractivity contribution in [1.82, 2.24) is 0 Å². The molecule has 0 radical (unpaired) electrons. The van der Waals surface area contributed by atoms with Crippen LogP contribution in [0.4, 0.5) is 0 Å². The molecule has 0 aliphatic heterocycles. The Hall–Kier alpha value is -3.72. The maximum Gasteiger partial charge on any atom is 0.194 e. The Labute approximate surface area is 169 Å². The summed E-state index contributed by atoms with van der Waals surface area (Å²) < 4.78 is 5.16. The largest absolute Gasteiger partial charge is 0.497 e. The molecular formula is C26H20O3. The van der Waals surface area contributed by atoms with Gasteiger partial charge in [0.15, 0.2) is 11.6 Å².